The first-order valence-corrected chi connectivity index (χ1v) is 7.38. The van der Waals surface area contributed by atoms with Crippen molar-refractivity contribution in [2.45, 2.75) is 43.9 Å². The third kappa shape index (κ3) is 1.63. The van der Waals surface area contributed by atoms with Crippen LogP contribution in [0.3, 0.4) is 0 Å². The summed E-state index contributed by atoms with van der Waals surface area (Å²) in [6.07, 6.45) is 6.60. The molecule has 0 amide bonds. The maximum Gasteiger partial charge on any atom is 0.133 e. The molecule has 1 saturated heterocycles. The van der Waals surface area contributed by atoms with Crippen LogP contribution >= 0.6 is 0 Å². The molecule has 4 rings (SSSR count). The topological polar surface area (TPSA) is 54.6 Å². The molecule has 0 aromatic carbocycles. The van der Waals surface area contributed by atoms with Gasteiger partial charge in [0.1, 0.15) is 11.9 Å². The summed E-state index contributed by atoms with van der Waals surface area (Å²) in [6, 6.07) is 4.17. The summed E-state index contributed by atoms with van der Waals surface area (Å²) in [6.45, 7) is 1.49. The molecule has 1 aromatic heterocycles. The second-order valence-electron chi connectivity index (χ2n) is 6.25. The quantitative estimate of drug-likeness (QED) is 0.870. The predicted octanol–water partition coefficient (Wildman–Crippen LogP) is 1.86. The van der Waals surface area contributed by atoms with Gasteiger partial charge < -0.3 is 19.6 Å². The Morgan fingerprint density at radius 1 is 1.47 bits per heavy atom. The van der Waals surface area contributed by atoms with E-state index in [0.29, 0.717) is 35.8 Å². The zero-order valence-electron chi connectivity index (χ0n) is 11.0. The Morgan fingerprint density at radius 2 is 2.37 bits per heavy atom. The van der Waals surface area contributed by atoms with Crippen LogP contribution in [0, 0.1) is 11.3 Å². The first-order chi connectivity index (χ1) is 9.31. The molecule has 3 fully saturated rings. The molecule has 0 radical (unpaired) electrons. The van der Waals surface area contributed by atoms with Crippen molar-refractivity contribution in [1.29, 1.82) is 0 Å². The van der Waals surface area contributed by atoms with E-state index in [0.717, 1.165) is 6.61 Å². The van der Waals surface area contributed by atoms with Crippen molar-refractivity contribution in [2.75, 3.05) is 13.2 Å². The van der Waals surface area contributed by atoms with Crippen LogP contribution in [0.5, 0.6) is 0 Å². The van der Waals surface area contributed by atoms with Crippen molar-refractivity contribution in [3.63, 3.8) is 0 Å². The monoisotopic (exact) mass is 263 g/mol. The van der Waals surface area contributed by atoms with E-state index in [1.807, 2.05) is 12.1 Å². The largest absolute Gasteiger partial charge is 0.467 e. The highest BCUT2D eigenvalue weighted by molar-refractivity contribution is 5.18. The van der Waals surface area contributed by atoms with Crippen molar-refractivity contribution in [1.82, 2.24) is 5.32 Å². The average Bonchev–Trinajstić information content (AvgIpc) is 2.97. The molecule has 0 bridgehead atoms. The number of hydrogen-bond donors (Lipinski definition) is 2. The Labute approximate surface area is 113 Å². The van der Waals surface area contributed by atoms with Crippen molar-refractivity contribution < 1.29 is 14.3 Å². The van der Waals surface area contributed by atoms with Crippen LogP contribution in [-0.4, -0.2) is 30.4 Å². The molecule has 2 unspecified atom stereocenters. The molecule has 3 aliphatic rings. The number of furan rings is 1. The molecule has 104 valence electrons. The Morgan fingerprint density at radius 3 is 3.05 bits per heavy atom. The van der Waals surface area contributed by atoms with Crippen LogP contribution in [0.2, 0.25) is 0 Å². The Balaban J connectivity index is 1.40. The van der Waals surface area contributed by atoms with Gasteiger partial charge in [-0.3, -0.25) is 0 Å². The van der Waals surface area contributed by atoms with Gasteiger partial charge in [0.05, 0.1) is 12.4 Å². The summed E-state index contributed by atoms with van der Waals surface area (Å²) >= 11 is 0. The molecule has 2 aliphatic carbocycles. The van der Waals surface area contributed by atoms with E-state index < -0.39 is 6.10 Å². The number of aliphatic hydroxyl groups is 1. The summed E-state index contributed by atoms with van der Waals surface area (Å²) in [5.41, 5.74) is 0.379. The average molecular weight is 263 g/mol. The summed E-state index contributed by atoms with van der Waals surface area (Å²) in [4.78, 5) is 0. The minimum absolute atomic E-state index is 0.379. The molecular weight excluding hydrogens is 242 g/mol. The van der Waals surface area contributed by atoms with Crippen LogP contribution in [0.25, 0.3) is 0 Å². The van der Waals surface area contributed by atoms with Gasteiger partial charge in [0.15, 0.2) is 0 Å². The van der Waals surface area contributed by atoms with E-state index in [9.17, 15) is 5.11 Å². The van der Waals surface area contributed by atoms with E-state index in [-0.39, 0.29) is 0 Å². The smallest absolute Gasteiger partial charge is 0.133 e. The zero-order valence-corrected chi connectivity index (χ0v) is 11.0. The molecule has 1 spiro atoms. The molecule has 19 heavy (non-hydrogen) atoms. The predicted molar refractivity (Wildman–Crippen MR) is 69.6 cm³/mol. The molecule has 2 saturated carbocycles. The van der Waals surface area contributed by atoms with Crippen LogP contribution in [-0.2, 0) is 4.74 Å². The second-order valence-corrected chi connectivity index (χ2v) is 6.25. The summed E-state index contributed by atoms with van der Waals surface area (Å²) in [5, 5.41) is 13.7. The van der Waals surface area contributed by atoms with Gasteiger partial charge in [-0.2, -0.15) is 0 Å². The normalized spacial score (nSPS) is 36.6. The molecule has 4 nitrogen and oxygen atoms in total. The van der Waals surface area contributed by atoms with Crippen LogP contribution in [0.4, 0.5) is 0 Å². The standard InChI is InChI=1S/C15H21NO3/c17-11(12-3-1-7-18-12)9-16-13-10-4-8-19-14(10)15(13)5-2-6-15/h1,3,7,10-11,13-14,16-17H,2,4-6,8-9H2/t10-,11?,13?,14-/m1/s1. The lowest BCUT2D eigenvalue weighted by Gasteiger charge is -2.63. The van der Waals surface area contributed by atoms with Gasteiger partial charge in [-0.1, -0.05) is 6.42 Å². The van der Waals surface area contributed by atoms with Gasteiger partial charge in [-0.25, -0.2) is 0 Å². The van der Waals surface area contributed by atoms with Crippen LogP contribution in [0.15, 0.2) is 22.8 Å². The lowest BCUT2D eigenvalue weighted by Crippen LogP contribution is -2.71. The van der Waals surface area contributed by atoms with Gasteiger partial charge in [0, 0.05) is 30.5 Å². The lowest BCUT2D eigenvalue weighted by molar-refractivity contribution is -0.177. The minimum atomic E-state index is -0.548. The lowest BCUT2D eigenvalue weighted by atomic mass is 9.46. The summed E-state index contributed by atoms with van der Waals surface area (Å²) in [7, 11) is 0. The molecule has 1 aromatic rings. The molecule has 4 heteroatoms. The molecule has 2 N–H and O–H groups in total. The number of fused-ring (bicyclic) bond motifs is 2. The van der Waals surface area contributed by atoms with E-state index >= 15 is 0 Å². The number of ether oxygens (including phenoxy) is 1. The van der Waals surface area contributed by atoms with E-state index in [1.165, 1.54) is 25.7 Å². The zero-order chi connectivity index (χ0) is 12.9. The van der Waals surface area contributed by atoms with Crippen LogP contribution < -0.4 is 5.32 Å². The SMILES string of the molecule is OC(CNC1[C@H]2CCO[C@H]2C12CCC2)c1ccco1. The maximum absolute atomic E-state index is 10.1. The molecule has 4 atom stereocenters. The highest BCUT2D eigenvalue weighted by Crippen LogP contribution is 2.62. The Kier molecular flexibility index (Phi) is 2.72. The number of nitrogens with one attached hydrogen (secondary N) is 1. The van der Waals surface area contributed by atoms with Crippen molar-refractivity contribution in [2.24, 2.45) is 11.3 Å². The minimum Gasteiger partial charge on any atom is -0.467 e. The van der Waals surface area contributed by atoms with Gasteiger partial charge >= 0.3 is 0 Å². The maximum atomic E-state index is 10.1. The highest BCUT2D eigenvalue weighted by atomic mass is 16.5. The third-order valence-electron chi connectivity index (χ3n) is 5.44. The van der Waals surface area contributed by atoms with Gasteiger partial charge in [0.25, 0.3) is 0 Å². The van der Waals surface area contributed by atoms with Crippen molar-refractivity contribution >= 4 is 0 Å². The molecule has 2 heterocycles. The van der Waals surface area contributed by atoms with Gasteiger partial charge in [-0.15, -0.1) is 0 Å². The van der Waals surface area contributed by atoms with Crippen molar-refractivity contribution in [3.05, 3.63) is 24.2 Å². The number of rotatable bonds is 4. The number of hydrogen-bond acceptors (Lipinski definition) is 4. The second kappa shape index (κ2) is 4.33. The fourth-order valence-corrected chi connectivity index (χ4v) is 4.38. The molecular formula is C15H21NO3. The third-order valence-corrected chi connectivity index (χ3v) is 5.44. The van der Waals surface area contributed by atoms with E-state index in [2.05, 4.69) is 5.32 Å². The Hall–Kier alpha value is -0.840. The highest BCUT2D eigenvalue weighted by Gasteiger charge is 2.66. The number of aliphatic hydroxyl groups excluding tert-OH is 1. The first-order valence-electron chi connectivity index (χ1n) is 7.38. The first kappa shape index (κ1) is 11.9. The van der Waals surface area contributed by atoms with E-state index in [4.69, 9.17) is 9.15 Å². The Bertz CT molecular complexity index is 440. The summed E-state index contributed by atoms with van der Waals surface area (Å²) in [5.74, 6) is 1.30. The van der Waals surface area contributed by atoms with Gasteiger partial charge in [0.2, 0.25) is 0 Å². The summed E-state index contributed by atoms with van der Waals surface area (Å²) < 4.78 is 11.1. The van der Waals surface area contributed by atoms with Crippen molar-refractivity contribution in [3.8, 4) is 0 Å². The van der Waals surface area contributed by atoms with Gasteiger partial charge in [-0.05, 0) is 31.4 Å². The fourth-order valence-electron chi connectivity index (χ4n) is 4.38. The van der Waals surface area contributed by atoms with E-state index in [1.54, 1.807) is 6.26 Å². The molecule has 1 aliphatic heterocycles. The van der Waals surface area contributed by atoms with Crippen LogP contribution in [0.1, 0.15) is 37.5 Å². The fraction of sp³-hybridized carbons (Fsp3) is 0.733.